The van der Waals surface area contributed by atoms with E-state index in [1.807, 2.05) is 12.1 Å². The van der Waals surface area contributed by atoms with Crippen molar-refractivity contribution in [3.63, 3.8) is 0 Å². The standard InChI is InChI=1S/C15H13BrN2O3/c16-13-3-2-11(9-12(13)15(20)21)18-14(19)4-1-10-5-7-17-8-6-10/h2-3,5-9H,1,4H2,(H,18,19)(H,20,21). The molecule has 0 fully saturated rings. The number of hydrogen-bond donors (Lipinski definition) is 2. The second-order valence-electron chi connectivity index (χ2n) is 4.40. The number of carboxylic acid groups (broad SMARTS) is 1. The van der Waals surface area contributed by atoms with Gasteiger partial charge in [0, 0.05) is 29.0 Å². The van der Waals surface area contributed by atoms with Crippen LogP contribution in [0.2, 0.25) is 0 Å². The van der Waals surface area contributed by atoms with Gasteiger partial charge in [0.2, 0.25) is 5.91 Å². The number of amides is 1. The third-order valence-electron chi connectivity index (χ3n) is 2.87. The number of pyridine rings is 1. The van der Waals surface area contributed by atoms with E-state index in [0.717, 1.165) is 5.56 Å². The van der Waals surface area contributed by atoms with Gasteiger partial charge >= 0.3 is 5.97 Å². The molecule has 1 heterocycles. The van der Waals surface area contributed by atoms with Crippen molar-refractivity contribution >= 4 is 33.5 Å². The second-order valence-corrected chi connectivity index (χ2v) is 5.26. The summed E-state index contributed by atoms with van der Waals surface area (Å²) in [4.78, 5) is 26.8. The lowest BCUT2D eigenvalue weighted by atomic mass is 10.1. The Morgan fingerprint density at radius 3 is 2.57 bits per heavy atom. The van der Waals surface area contributed by atoms with Gasteiger partial charge in [-0.15, -0.1) is 0 Å². The first kappa shape index (κ1) is 15.2. The van der Waals surface area contributed by atoms with E-state index in [4.69, 9.17) is 5.11 Å². The molecule has 21 heavy (non-hydrogen) atoms. The van der Waals surface area contributed by atoms with Gasteiger partial charge in [-0.25, -0.2) is 4.79 Å². The molecular formula is C15H13BrN2O3. The van der Waals surface area contributed by atoms with Crippen LogP contribution in [-0.2, 0) is 11.2 Å². The molecule has 0 spiro atoms. The predicted molar refractivity (Wildman–Crippen MR) is 82.3 cm³/mol. The number of aromatic nitrogens is 1. The van der Waals surface area contributed by atoms with Gasteiger partial charge in [-0.3, -0.25) is 9.78 Å². The first-order valence-electron chi connectivity index (χ1n) is 6.28. The van der Waals surface area contributed by atoms with Gasteiger partial charge in [0.1, 0.15) is 0 Å². The Morgan fingerprint density at radius 2 is 1.90 bits per heavy atom. The smallest absolute Gasteiger partial charge is 0.336 e. The van der Waals surface area contributed by atoms with E-state index in [2.05, 4.69) is 26.2 Å². The summed E-state index contributed by atoms with van der Waals surface area (Å²) in [5, 5.41) is 11.7. The summed E-state index contributed by atoms with van der Waals surface area (Å²) < 4.78 is 0.477. The summed E-state index contributed by atoms with van der Waals surface area (Å²) in [6.45, 7) is 0. The Balaban J connectivity index is 1.97. The van der Waals surface area contributed by atoms with Crippen LogP contribution in [0.4, 0.5) is 5.69 Å². The molecule has 0 atom stereocenters. The summed E-state index contributed by atoms with van der Waals surface area (Å²) in [7, 11) is 0. The molecular weight excluding hydrogens is 336 g/mol. The Morgan fingerprint density at radius 1 is 1.19 bits per heavy atom. The molecule has 0 bridgehead atoms. The van der Waals surface area contributed by atoms with E-state index in [1.54, 1.807) is 24.5 Å². The Labute approximate surface area is 130 Å². The van der Waals surface area contributed by atoms with Crippen molar-refractivity contribution in [1.29, 1.82) is 0 Å². The van der Waals surface area contributed by atoms with Gasteiger partial charge in [-0.2, -0.15) is 0 Å². The number of anilines is 1. The summed E-state index contributed by atoms with van der Waals surface area (Å²) in [5.74, 6) is -1.21. The Hall–Kier alpha value is -2.21. The lowest BCUT2D eigenvalue weighted by Gasteiger charge is -2.07. The lowest BCUT2D eigenvalue weighted by molar-refractivity contribution is -0.116. The molecule has 0 saturated carbocycles. The zero-order valence-electron chi connectivity index (χ0n) is 11.0. The minimum Gasteiger partial charge on any atom is -0.478 e. The maximum Gasteiger partial charge on any atom is 0.336 e. The largest absolute Gasteiger partial charge is 0.478 e. The van der Waals surface area contributed by atoms with Crippen LogP contribution in [0.3, 0.4) is 0 Å². The molecule has 1 amide bonds. The number of carbonyl (C=O) groups is 2. The second kappa shape index (κ2) is 6.99. The molecule has 0 saturated heterocycles. The highest BCUT2D eigenvalue weighted by Gasteiger charge is 2.10. The molecule has 0 aliphatic heterocycles. The number of nitrogens with one attached hydrogen (secondary N) is 1. The molecule has 2 aromatic rings. The molecule has 1 aromatic carbocycles. The van der Waals surface area contributed by atoms with Gasteiger partial charge in [-0.1, -0.05) is 0 Å². The summed E-state index contributed by atoms with van der Waals surface area (Å²) in [6, 6.07) is 8.39. The minimum absolute atomic E-state index is 0.113. The van der Waals surface area contributed by atoms with Crippen LogP contribution in [0.25, 0.3) is 0 Å². The van der Waals surface area contributed by atoms with E-state index < -0.39 is 5.97 Å². The highest BCUT2D eigenvalue weighted by atomic mass is 79.9. The maximum atomic E-state index is 11.9. The monoisotopic (exact) mass is 348 g/mol. The van der Waals surface area contributed by atoms with E-state index in [1.165, 1.54) is 6.07 Å². The molecule has 2 N–H and O–H groups in total. The number of aromatic carboxylic acids is 1. The minimum atomic E-state index is -1.05. The van der Waals surface area contributed by atoms with E-state index in [0.29, 0.717) is 23.0 Å². The molecule has 108 valence electrons. The van der Waals surface area contributed by atoms with Crippen molar-refractivity contribution in [2.24, 2.45) is 0 Å². The van der Waals surface area contributed by atoms with Crippen molar-refractivity contribution in [3.05, 3.63) is 58.3 Å². The van der Waals surface area contributed by atoms with Crippen LogP contribution in [0.1, 0.15) is 22.3 Å². The Kier molecular flexibility index (Phi) is 5.05. The molecule has 6 heteroatoms. The molecule has 0 aliphatic rings. The highest BCUT2D eigenvalue weighted by molar-refractivity contribution is 9.10. The van der Waals surface area contributed by atoms with Crippen LogP contribution >= 0.6 is 15.9 Å². The van der Waals surface area contributed by atoms with Crippen LogP contribution in [-0.4, -0.2) is 22.0 Å². The fourth-order valence-corrected chi connectivity index (χ4v) is 2.21. The first-order chi connectivity index (χ1) is 10.1. The fraction of sp³-hybridized carbons (Fsp3) is 0.133. The van der Waals surface area contributed by atoms with E-state index in [9.17, 15) is 9.59 Å². The lowest BCUT2D eigenvalue weighted by Crippen LogP contribution is -2.13. The van der Waals surface area contributed by atoms with Crippen molar-refractivity contribution in [2.75, 3.05) is 5.32 Å². The number of hydrogen-bond acceptors (Lipinski definition) is 3. The van der Waals surface area contributed by atoms with Gasteiger partial charge in [0.15, 0.2) is 0 Å². The summed E-state index contributed by atoms with van der Waals surface area (Å²) in [5.41, 5.74) is 1.61. The maximum absolute atomic E-state index is 11.9. The summed E-state index contributed by atoms with van der Waals surface area (Å²) >= 11 is 3.16. The highest BCUT2D eigenvalue weighted by Crippen LogP contribution is 2.21. The number of carboxylic acids is 1. The SMILES string of the molecule is O=C(CCc1ccncc1)Nc1ccc(Br)c(C(=O)O)c1. The van der Waals surface area contributed by atoms with Gasteiger partial charge in [0.25, 0.3) is 0 Å². The zero-order valence-corrected chi connectivity index (χ0v) is 12.6. The molecule has 1 aromatic heterocycles. The van der Waals surface area contributed by atoms with Gasteiger partial charge < -0.3 is 10.4 Å². The zero-order chi connectivity index (χ0) is 15.2. The van der Waals surface area contributed by atoms with Crippen molar-refractivity contribution in [3.8, 4) is 0 Å². The number of rotatable bonds is 5. The van der Waals surface area contributed by atoms with E-state index >= 15 is 0 Å². The topological polar surface area (TPSA) is 79.3 Å². The van der Waals surface area contributed by atoms with Crippen LogP contribution < -0.4 is 5.32 Å². The number of carbonyl (C=O) groups excluding carboxylic acids is 1. The van der Waals surface area contributed by atoms with Crippen LogP contribution in [0, 0.1) is 0 Å². The molecule has 0 aliphatic carbocycles. The summed E-state index contributed by atoms with van der Waals surface area (Å²) in [6.07, 6.45) is 4.29. The van der Waals surface area contributed by atoms with Gasteiger partial charge in [0.05, 0.1) is 5.56 Å². The normalized spacial score (nSPS) is 10.1. The molecule has 0 radical (unpaired) electrons. The predicted octanol–water partition coefficient (Wildman–Crippen LogP) is 3.11. The number of benzene rings is 1. The molecule has 2 rings (SSSR count). The third-order valence-corrected chi connectivity index (χ3v) is 3.56. The number of halogens is 1. The van der Waals surface area contributed by atoms with Crippen molar-refractivity contribution < 1.29 is 14.7 Å². The fourth-order valence-electron chi connectivity index (χ4n) is 1.80. The average Bonchev–Trinajstić information content (AvgIpc) is 2.48. The number of aryl methyl sites for hydroxylation is 1. The Bertz CT molecular complexity index is 659. The van der Waals surface area contributed by atoms with Crippen LogP contribution in [0.5, 0.6) is 0 Å². The number of nitrogens with zero attached hydrogens (tertiary/aromatic N) is 1. The van der Waals surface area contributed by atoms with Crippen molar-refractivity contribution in [1.82, 2.24) is 4.98 Å². The quantitative estimate of drug-likeness (QED) is 0.869. The molecule has 0 unspecified atom stereocenters. The average molecular weight is 349 g/mol. The third kappa shape index (κ3) is 4.39. The van der Waals surface area contributed by atoms with Gasteiger partial charge in [-0.05, 0) is 58.2 Å². The van der Waals surface area contributed by atoms with Crippen LogP contribution in [0.15, 0.2) is 47.2 Å². The van der Waals surface area contributed by atoms with Crippen molar-refractivity contribution in [2.45, 2.75) is 12.8 Å². The molecule has 5 nitrogen and oxygen atoms in total. The first-order valence-corrected chi connectivity index (χ1v) is 7.07. The van der Waals surface area contributed by atoms with E-state index in [-0.39, 0.29) is 11.5 Å².